The summed E-state index contributed by atoms with van der Waals surface area (Å²) in [6.07, 6.45) is 1.81. The van der Waals surface area contributed by atoms with E-state index in [1.165, 1.54) is 0 Å². The summed E-state index contributed by atoms with van der Waals surface area (Å²) in [5.41, 5.74) is 2.35. The Balaban J connectivity index is 1.38. The number of urea groups is 1. The number of nitrogens with zero attached hydrogens (tertiary/aromatic N) is 6. The number of amides is 2. The summed E-state index contributed by atoms with van der Waals surface area (Å²) in [5.74, 6) is 1.94. The standard InChI is InChI=1S/C19H23N7O3/c1-13-22-23-18-11-15(12-20-26(13)18)24-6-8-25(9-7-24)19(27)21-14-4-5-16(28-2)17(10-14)29-3/h4-5,10-12H,6-9H2,1-3H3,(H,21,27). The minimum Gasteiger partial charge on any atom is -0.493 e. The van der Waals surface area contributed by atoms with E-state index < -0.39 is 0 Å². The SMILES string of the molecule is COc1ccc(NC(=O)N2CCN(c3cnn4c(C)nnc4c3)CC2)cc1OC. The second-order valence-corrected chi connectivity index (χ2v) is 6.70. The number of ether oxygens (including phenoxy) is 2. The van der Waals surface area contributed by atoms with Gasteiger partial charge in [0.25, 0.3) is 0 Å². The molecule has 1 aliphatic heterocycles. The molecule has 0 saturated carbocycles. The fourth-order valence-electron chi connectivity index (χ4n) is 3.35. The molecular weight excluding hydrogens is 374 g/mol. The highest BCUT2D eigenvalue weighted by Gasteiger charge is 2.22. The number of aryl methyl sites for hydroxylation is 1. The van der Waals surface area contributed by atoms with Crippen molar-refractivity contribution in [1.29, 1.82) is 0 Å². The van der Waals surface area contributed by atoms with Gasteiger partial charge < -0.3 is 24.6 Å². The Morgan fingerprint density at radius 3 is 2.52 bits per heavy atom. The molecule has 10 heteroatoms. The van der Waals surface area contributed by atoms with Gasteiger partial charge in [-0.2, -0.15) is 9.61 Å². The van der Waals surface area contributed by atoms with Crippen molar-refractivity contribution in [3.63, 3.8) is 0 Å². The van der Waals surface area contributed by atoms with Crippen molar-refractivity contribution in [3.05, 3.63) is 36.3 Å². The largest absolute Gasteiger partial charge is 0.493 e. The van der Waals surface area contributed by atoms with Crippen LogP contribution in [0.25, 0.3) is 5.65 Å². The predicted octanol–water partition coefficient (Wildman–Crippen LogP) is 1.80. The molecule has 1 fully saturated rings. The van der Waals surface area contributed by atoms with Crippen LogP contribution < -0.4 is 19.7 Å². The molecule has 2 aromatic heterocycles. The lowest BCUT2D eigenvalue weighted by Crippen LogP contribution is -2.50. The maximum absolute atomic E-state index is 12.6. The third-order valence-electron chi connectivity index (χ3n) is 4.97. The Labute approximate surface area is 168 Å². The summed E-state index contributed by atoms with van der Waals surface area (Å²) in [5, 5.41) is 15.5. The van der Waals surface area contributed by atoms with E-state index in [9.17, 15) is 4.79 Å². The molecule has 3 heterocycles. The van der Waals surface area contributed by atoms with E-state index in [1.54, 1.807) is 41.8 Å². The summed E-state index contributed by atoms with van der Waals surface area (Å²) in [7, 11) is 3.14. The smallest absolute Gasteiger partial charge is 0.321 e. The molecule has 4 rings (SSSR count). The number of nitrogens with one attached hydrogen (secondary N) is 1. The minimum atomic E-state index is -0.140. The molecule has 1 saturated heterocycles. The highest BCUT2D eigenvalue weighted by Crippen LogP contribution is 2.30. The van der Waals surface area contributed by atoms with Crippen LogP contribution in [0, 0.1) is 6.92 Å². The fraction of sp³-hybridized carbons (Fsp3) is 0.368. The van der Waals surface area contributed by atoms with Gasteiger partial charge in [0.2, 0.25) is 0 Å². The van der Waals surface area contributed by atoms with Gasteiger partial charge in [-0.1, -0.05) is 0 Å². The number of benzene rings is 1. The number of hydrogen-bond donors (Lipinski definition) is 1. The Kier molecular flexibility index (Phi) is 5.07. The first kappa shape index (κ1) is 18.8. The van der Waals surface area contributed by atoms with Crippen molar-refractivity contribution in [2.24, 2.45) is 0 Å². The van der Waals surface area contributed by atoms with Gasteiger partial charge in [-0.05, 0) is 19.1 Å². The van der Waals surface area contributed by atoms with Gasteiger partial charge in [-0.25, -0.2) is 4.79 Å². The molecule has 1 N–H and O–H groups in total. The quantitative estimate of drug-likeness (QED) is 0.717. The minimum absolute atomic E-state index is 0.140. The number of methoxy groups -OCH3 is 2. The molecule has 0 radical (unpaired) electrons. The number of anilines is 2. The van der Waals surface area contributed by atoms with Crippen LogP contribution in [-0.4, -0.2) is 71.1 Å². The zero-order valence-electron chi connectivity index (χ0n) is 16.6. The molecule has 10 nitrogen and oxygen atoms in total. The molecular formula is C19H23N7O3. The van der Waals surface area contributed by atoms with E-state index >= 15 is 0 Å². The first-order valence-electron chi connectivity index (χ1n) is 9.30. The van der Waals surface area contributed by atoms with Crippen molar-refractivity contribution < 1.29 is 14.3 Å². The van der Waals surface area contributed by atoms with Gasteiger partial charge >= 0.3 is 6.03 Å². The van der Waals surface area contributed by atoms with Crippen molar-refractivity contribution in [2.45, 2.75) is 6.92 Å². The maximum atomic E-state index is 12.6. The number of aromatic nitrogens is 4. The predicted molar refractivity (Wildman–Crippen MR) is 108 cm³/mol. The molecule has 0 aliphatic carbocycles. The summed E-state index contributed by atoms with van der Waals surface area (Å²) in [6, 6.07) is 7.12. The lowest BCUT2D eigenvalue weighted by molar-refractivity contribution is 0.208. The average Bonchev–Trinajstić information content (AvgIpc) is 3.13. The van der Waals surface area contributed by atoms with Crippen LogP contribution in [0.2, 0.25) is 0 Å². The number of fused-ring (bicyclic) bond motifs is 1. The molecule has 0 spiro atoms. The molecule has 0 atom stereocenters. The number of carbonyl (C=O) groups excluding carboxylic acids is 1. The van der Waals surface area contributed by atoms with Gasteiger partial charge in [0.1, 0.15) is 0 Å². The van der Waals surface area contributed by atoms with E-state index in [-0.39, 0.29) is 6.03 Å². The van der Waals surface area contributed by atoms with Crippen LogP contribution in [0.1, 0.15) is 5.82 Å². The van der Waals surface area contributed by atoms with Crippen LogP contribution in [0.15, 0.2) is 30.5 Å². The fourth-order valence-corrected chi connectivity index (χ4v) is 3.35. The van der Waals surface area contributed by atoms with Gasteiger partial charge in [0, 0.05) is 44.0 Å². The Bertz CT molecular complexity index is 1030. The highest BCUT2D eigenvalue weighted by atomic mass is 16.5. The molecule has 3 aromatic rings. The van der Waals surface area contributed by atoms with Gasteiger partial charge in [0.05, 0.1) is 26.1 Å². The van der Waals surface area contributed by atoms with Crippen molar-refractivity contribution in [3.8, 4) is 11.5 Å². The second-order valence-electron chi connectivity index (χ2n) is 6.70. The molecule has 2 amide bonds. The molecule has 29 heavy (non-hydrogen) atoms. The van der Waals surface area contributed by atoms with E-state index in [0.29, 0.717) is 49.0 Å². The summed E-state index contributed by atoms with van der Waals surface area (Å²) in [4.78, 5) is 16.6. The lowest BCUT2D eigenvalue weighted by Gasteiger charge is -2.35. The van der Waals surface area contributed by atoms with Crippen LogP contribution in [-0.2, 0) is 0 Å². The van der Waals surface area contributed by atoms with Crippen LogP contribution in [0.4, 0.5) is 16.2 Å². The van der Waals surface area contributed by atoms with Crippen molar-refractivity contribution in [1.82, 2.24) is 24.7 Å². The average molecular weight is 397 g/mol. The summed E-state index contributed by atoms with van der Waals surface area (Å²) < 4.78 is 12.2. The number of piperazine rings is 1. The van der Waals surface area contributed by atoms with Crippen LogP contribution in [0.3, 0.4) is 0 Å². The molecule has 0 unspecified atom stereocenters. The van der Waals surface area contributed by atoms with Crippen LogP contribution >= 0.6 is 0 Å². The molecule has 1 aromatic carbocycles. The van der Waals surface area contributed by atoms with Gasteiger partial charge in [0.15, 0.2) is 23.0 Å². The first-order chi connectivity index (χ1) is 14.1. The summed E-state index contributed by atoms with van der Waals surface area (Å²) in [6.45, 7) is 4.50. The third-order valence-corrected chi connectivity index (χ3v) is 4.97. The molecule has 152 valence electrons. The van der Waals surface area contributed by atoms with Crippen LogP contribution in [0.5, 0.6) is 11.5 Å². The first-order valence-corrected chi connectivity index (χ1v) is 9.30. The number of hydrogen-bond acceptors (Lipinski definition) is 7. The van der Waals surface area contributed by atoms with E-state index in [2.05, 4.69) is 25.5 Å². The number of rotatable bonds is 4. The summed E-state index contributed by atoms with van der Waals surface area (Å²) >= 11 is 0. The normalized spacial score (nSPS) is 14.2. The number of carbonyl (C=O) groups is 1. The van der Waals surface area contributed by atoms with E-state index in [1.807, 2.05) is 19.2 Å². The topological polar surface area (TPSA) is 97.1 Å². The third kappa shape index (κ3) is 3.73. The van der Waals surface area contributed by atoms with Gasteiger partial charge in [-0.3, -0.25) is 0 Å². The molecule has 0 bridgehead atoms. The van der Waals surface area contributed by atoms with Gasteiger partial charge in [-0.15, -0.1) is 10.2 Å². The van der Waals surface area contributed by atoms with E-state index in [0.717, 1.165) is 11.5 Å². The Morgan fingerprint density at radius 2 is 1.79 bits per heavy atom. The lowest BCUT2D eigenvalue weighted by atomic mass is 10.2. The van der Waals surface area contributed by atoms with Crippen molar-refractivity contribution >= 4 is 23.1 Å². The Hall–Kier alpha value is -3.56. The monoisotopic (exact) mass is 397 g/mol. The van der Waals surface area contributed by atoms with E-state index in [4.69, 9.17) is 9.47 Å². The highest BCUT2D eigenvalue weighted by molar-refractivity contribution is 5.90. The molecule has 1 aliphatic rings. The zero-order valence-corrected chi connectivity index (χ0v) is 16.6. The zero-order chi connectivity index (χ0) is 20.4. The van der Waals surface area contributed by atoms with Crippen molar-refractivity contribution in [2.75, 3.05) is 50.6 Å². The maximum Gasteiger partial charge on any atom is 0.321 e. The Morgan fingerprint density at radius 1 is 1.03 bits per heavy atom. The second kappa shape index (κ2) is 7.82.